The van der Waals surface area contributed by atoms with E-state index in [4.69, 9.17) is 4.74 Å². The lowest BCUT2D eigenvalue weighted by Gasteiger charge is -2.31. The van der Waals surface area contributed by atoms with Crippen LogP contribution in [0.1, 0.15) is 22.3 Å². The van der Waals surface area contributed by atoms with Crippen molar-refractivity contribution in [3.8, 4) is 0 Å². The molecule has 0 atom stereocenters. The summed E-state index contributed by atoms with van der Waals surface area (Å²) in [7, 11) is -1.92. The number of ether oxygens (including phenoxy) is 1. The Balaban J connectivity index is 1.91. The monoisotopic (exact) mass is 388 g/mol. The summed E-state index contributed by atoms with van der Waals surface area (Å²) in [5.41, 5.74) is 4.75. The summed E-state index contributed by atoms with van der Waals surface area (Å²) in [6, 6.07) is 11.9. The first-order valence-corrected chi connectivity index (χ1v) is 10.7. The largest absolute Gasteiger partial charge is 0.378 e. The van der Waals surface area contributed by atoms with Crippen molar-refractivity contribution in [1.29, 1.82) is 0 Å². The number of aryl methyl sites for hydroxylation is 3. The SMILES string of the molecule is Cc1cc(C)c(S(=O)(=O)N(C)Cc2ccccc2N2CCOCC2)c(C)c1. The molecule has 0 spiro atoms. The average molecular weight is 389 g/mol. The minimum atomic E-state index is -3.57. The second kappa shape index (κ2) is 8.00. The van der Waals surface area contributed by atoms with Gasteiger partial charge in [0.15, 0.2) is 0 Å². The Kier molecular flexibility index (Phi) is 5.89. The van der Waals surface area contributed by atoms with E-state index in [-0.39, 0.29) is 0 Å². The van der Waals surface area contributed by atoms with Crippen LogP contribution in [0.25, 0.3) is 0 Å². The molecule has 0 unspecified atom stereocenters. The lowest BCUT2D eigenvalue weighted by Crippen LogP contribution is -2.37. The van der Waals surface area contributed by atoms with Gasteiger partial charge in [-0.05, 0) is 43.5 Å². The number of nitrogens with zero attached hydrogens (tertiary/aromatic N) is 2. The van der Waals surface area contributed by atoms with Gasteiger partial charge >= 0.3 is 0 Å². The first-order valence-electron chi connectivity index (χ1n) is 9.25. The molecular weight excluding hydrogens is 360 g/mol. The van der Waals surface area contributed by atoms with Crippen LogP contribution >= 0.6 is 0 Å². The zero-order valence-corrected chi connectivity index (χ0v) is 17.3. The van der Waals surface area contributed by atoms with E-state index < -0.39 is 10.0 Å². The first-order chi connectivity index (χ1) is 12.8. The zero-order chi connectivity index (χ0) is 19.6. The number of para-hydroxylation sites is 1. The molecular formula is C21H28N2O3S. The van der Waals surface area contributed by atoms with Crippen molar-refractivity contribution in [1.82, 2.24) is 4.31 Å². The summed E-state index contributed by atoms with van der Waals surface area (Å²) in [6.45, 7) is 9.09. The fourth-order valence-electron chi connectivity index (χ4n) is 3.81. The maximum Gasteiger partial charge on any atom is 0.243 e. The molecule has 5 nitrogen and oxygen atoms in total. The number of hydrogen-bond donors (Lipinski definition) is 0. The molecule has 0 bridgehead atoms. The molecule has 0 amide bonds. The van der Waals surface area contributed by atoms with Gasteiger partial charge in [-0.3, -0.25) is 0 Å². The molecule has 1 heterocycles. The third kappa shape index (κ3) is 4.18. The summed E-state index contributed by atoms with van der Waals surface area (Å²) in [5.74, 6) is 0. The Morgan fingerprint density at radius 3 is 2.26 bits per heavy atom. The van der Waals surface area contributed by atoms with Crippen LogP contribution < -0.4 is 4.90 Å². The lowest BCUT2D eigenvalue weighted by molar-refractivity contribution is 0.122. The van der Waals surface area contributed by atoms with Gasteiger partial charge < -0.3 is 9.64 Å². The highest BCUT2D eigenvalue weighted by molar-refractivity contribution is 7.89. The number of anilines is 1. The summed E-state index contributed by atoms with van der Waals surface area (Å²) < 4.78 is 33.4. The maximum absolute atomic E-state index is 13.3. The predicted molar refractivity (Wildman–Crippen MR) is 109 cm³/mol. The smallest absolute Gasteiger partial charge is 0.243 e. The summed E-state index contributed by atoms with van der Waals surface area (Å²) >= 11 is 0. The normalized spacial score (nSPS) is 15.4. The van der Waals surface area contributed by atoms with Crippen molar-refractivity contribution in [3.63, 3.8) is 0 Å². The van der Waals surface area contributed by atoms with E-state index in [9.17, 15) is 8.42 Å². The van der Waals surface area contributed by atoms with Crippen LogP contribution in [0.4, 0.5) is 5.69 Å². The molecule has 146 valence electrons. The van der Waals surface area contributed by atoms with Gasteiger partial charge in [0, 0.05) is 32.4 Å². The Hall–Kier alpha value is -1.89. The van der Waals surface area contributed by atoms with Crippen molar-refractivity contribution in [2.24, 2.45) is 0 Å². The molecule has 3 rings (SSSR count). The minimum absolute atomic E-state index is 0.336. The Labute approximate surface area is 162 Å². The number of morpholine rings is 1. The van der Waals surface area contributed by atoms with Crippen LogP contribution in [0.15, 0.2) is 41.3 Å². The molecule has 0 radical (unpaired) electrons. The van der Waals surface area contributed by atoms with Gasteiger partial charge in [0.05, 0.1) is 18.1 Å². The molecule has 0 N–H and O–H groups in total. The van der Waals surface area contributed by atoms with E-state index in [1.807, 2.05) is 51.1 Å². The molecule has 1 aliphatic rings. The van der Waals surface area contributed by atoms with Crippen molar-refractivity contribution < 1.29 is 13.2 Å². The van der Waals surface area contributed by atoms with Gasteiger partial charge in [0.2, 0.25) is 10.0 Å². The quantitative estimate of drug-likeness (QED) is 0.789. The van der Waals surface area contributed by atoms with Crippen molar-refractivity contribution in [2.45, 2.75) is 32.2 Å². The fourth-order valence-corrected chi connectivity index (χ4v) is 5.36. The highest BCUT2D eigenvalue weighted by Gasteiger charge is 2.26. The molecule has 1 aliphatic heterocycles. The predicted octanol–water partition coefficient (Wildman–Crippen LogP) is 3.27. The molecule has 27 heavy (non-hydrogen) atoms. The topological polar surface area (TPSA) is 49.9 Å². The standard InChI is InChI=1S/C21H28N2O3S/c1-16-13-17(2)21(18(3)14-16)27(24,25)22(4)15-19-7-5-6-8-20(19)23-9-11-26-12-10-23/h5-8,13-14H,9-12,15H2,1-4H3. The highest BCUT2D eigenvalue weighted by Crippen LogP contribution is 2.28. The molecule has 2 aromatic rings. The molecule has 6 heteroatoms. The third-order valence-electron chi connectivity index (χ3n) is 5.01. The van der Waals surface area contributed by atoms with Crippen LogP contribution in [0.2, 0.25) is 0 Å². The fraction of sp³-hybridized carbons (Fsp3) is 0.429. The molecule has 0 aliphatic carbocycles. The van der Waals surface area contributed by atoms with Crippen molar-refractivity contribution >= 4 is 15.7 Å². The van der Waals surface area contributed by atoms with E-state index in [0.717, 1.165) is 41.0 Å². The van der Waals surface area contributed by atoms with Gasteiger partial charge in [-0.2, -0.15) is 4.31 Å². The van der Waals surface area contributed by atoms with Gasteiger partial charge in [0.1, 0.15) is 0 Å². The van der Waals surface area contributed by atoms with Gasteiger partial charge in [-0.25, -0.2) is 8.42 Å². The highest BCUT2D eigenvalue weighted by atomic mass is 32.2. The summed E-state index contributed by atoms with van der Waals surface area (Å²) in [4.78, 5) is 2.68. The number of rotatable bonds is 5. The van der Waals surface area contributed by atoms with E-state index in [1.165, 1.54) is 4.31 Å². The zero-order valence-electron chi connectivity index (χ0n) is 16.5. The summed E-state index contributed by atoms with van der Waals surface area (Å²) in [5, 5.41) is 0. The lowest BCUT2D eigenvalue weighted by atomic mass is 10.1. The average Bonchev–Trinajstić information content (AvgIpc) is 2.61. The van der Waals surface area contributed by atoms with Gasteiger partial charge in [-0.15, -0.1) is 0 Å². The van der Waals surface area contributed by atoms with E-state index in [0.29, 0.717) is 24.7 Å². The third-order valence-corrected chi connectivity index (χ3v) is 7.12. The van der Waals surface area contributed by atoms with Gasteiger partial charge in [-0.1, -0.05) is 35.9 Å². The van der Waals surface area contributed by atoms with E-state index >= 15 is 0 Å². The van der Waals surface area contributed by atoms with Crippen LogP contribution in [-0.2, 0) is 21.3 Å². The Morgan fingerprint density at radius 2 is 1.63 bits per heavy atom. The maximum atomic E-state index is 13.3. The van der Waals surface area contributed by atoms with E-state index in [2.05, 4.69) is 11.0 Å². The molecule has 0 saturated carbocycles. The first kappa shape index (κ1) is 19.9. The molecule has 1 saturated heterocycles. The number of benzene rings is 2. The van der Waals surface area contributed by atoms with Crippen molar-refractivity contribution in [2.75, 3.05) is 38.3 Å². The van der Waals surface area contributed by atoms with Crippen LogP contribution in [0, 0.1) is 20.8 Å². The van der Waals surface area contributed by atoms with Gasteiger partial charge in [0.25, 0.3) is 0 Å². The number of hydrogen-bond acceptors (Lipinski definition) is 4. The Morgan fingerprint density at radius 1 is 1.04 bits per heavy atom. The summed E-state index contributed by atoms with van der Waals surface area (Å²) in [6.07, 6.45) is 0. The second-order valence-corrected chi connectivity index (χ2v) is 9.20. The molecule has 0 aromatic heterocycles. The van der Waals surface area contributed by atoms with Crippen molar-refractivity contribution in [3.05, 3.63) is 58.7 Å². The minimum Gasteiger partial charge on any atom is -0.378 e. The number of sulfonamides is 1. The second-order valence-electron chi connectivity index (χ2n) is 7.22. The van der Waals surface area contributed by atoms with Crippen LogP contribution in [0.3, 0.4) is 0 Å². The van der Waals surface area contributed by atoms with E-state index in [1.54, 1.807) is 7.05 Å². The Bertz CT molecular complexity index is 896. The molecule has 2 aromatic carbocycles. The van der Waals surface area contributed by atoms with Crippen LogP contribution in [-0.4, -0.2) is 46.1 Å². The van der Waals surface area contributed by atoms with Crippen LogP contribution in [0.5, 0.6) is 0 Å². The molecule has 1 fully saturated rings.